The molecule has 0 amide bonds. The van der Waals surface area contributed by atoms with Crippen molar-refractivity contribution in [2.75, 3.05) is 6.61 Å². The molecule has 1 aliphatic rings. The zero-order valence-corrected chi connectivity index (χ0v) is 15.4. The van der Waals surface area contributed by atoms with E-state index in [1.54, 1.807) is 0 Å². The van der Waals surface area contributed by atoms with E-state index in [9.17, 15) is 5.11 Å². The maximum Gasteiger partial charge on any atom is 0.119 e. The van der Waals surface area contributed by atoms with Gasteiger partial charge >= 0.3 is 0 Å². The molecule has 24 heavy (non-hydrogen) atoms. The van der Waals surface area contributed by atoms with Crippen LogP contribution in [0.3, 0.4) is 0 Å². The van der Waals surface area contributed by atoms with E-state index in [0.717, 1.165) is 18.6 Å². The molecule has 0 radical (unpaired) electrons. The summed E-state index contributed by atoms with van der Waals surface area (Å²) in [7, 11) is 0. The summed E-state index contributed by atoms with van der Waals surface area (Å²) < 4.78 is 11.5. The van der Waals surface area contributed by atoms with Crippen molar-refractivity contribution in [2.24, 2.45) is 0 Å². The predicted molar refractivity (Wildman–Crippen MR) is 98.0 cm³/mol. The van der Waals surface area contributed by atoms with Gasteiger partial charge < -0.3 is 14.6 Å². The van der Waals surface area contributed by atoms with E-state index >= 15 is 0 Å². The summed E-state index contributed by atoms with van der Waals surface area (Å²) in [6.45, 7) is 6.89. The summed E-state index contributed by atoms with van der Waals surface area (Å²) in [6, 6.07) is 10.6. The Bertz CT molecular complexity index is 652. The standard InChI is InChI=1S/C20H26O3S/c1-4-22-17-7-5-15(6-8-17)11-19-13(2)9-20(24-19)18-12-16(21)10-14(3)23-18/h5-9,14,16,18,21H,4,10-12H2,1-3H3. The molecular formula is C20H26O3S. The van der Waals surface area contributed by atoms with Crippen LogP contribution in [0.1, 0.15) is 53.7 Å². The summed E-state index contributed by atoms with van der Waals surface area (Å²) in [5, 5.41) is 10.0. The van der Waals surface area contributed by atoms with Crippen LogP contribution >= 0.6 is 11.3 Å². The third kappa shape index (κ3) is 4.18. The van der Waals surface area contributed by atoms with Crippen molar-refractivity contribution < 1.29 is 14.6 Å². The van der Waals surface area contributed by atoms with Crippen molar-refractivity contribution in [3.8, 4) is 5.75 Å². The van der Waals surface area contributed by atoms with Crippen LogP contribution in [0, 0.1) is 6.92 Å². The van der Waals surface area contributed by atoms with Gasteiger partial charge in [0.2, 0.25) is 0 Å². The minimum Gasteiger partial charge on any atom is -0.494 e. The third-order valence-electron chi connectivity index (χ3n) is 4.44. The van der Waals surface area contributed by atoms with Crippen LogP contribution in [0.2, 0.25) is 0 Å². The van der Waals surface area contributed by atoms with Crippen LogP contribution in [-0.2, 0) is 11.2 Å². The molecule has 1 aliphatic heterocycles. The Labute approximate surface area is 148 Å². The Morgan fingerprint density at radius 1 is 1.25 bits per heavy atom. The summed E-state index contributed by atoms with van der Waals surface area (Å²) in [5.74, 6) is 0.920. The van der Waals surface area contributed by atoms with E-state index in [1.165, 1.54) is 20.9 Å². The van der Waals surface area contributed by atoms with E-state index in [0.29, 0.717) is 13.0 Å². The van der Waals surface area contributed by atoms with Gasteiger partial charge in [0.1, 0.15) is 5.75 Å². The van der Waals surface area contributed by atoms with Crippen LogP contribution in [0.5, 0.6) is 5.75 Å². The molecule has 0 bridgehead atoms. The van der Waals surface area contributed by atoms with Crippen LogP contribution < -0.4 is 4.74 Å². The molecule has 4 heteroatoms. The summed E-state index contributed by atoms with van der Waals surface area (Å²) in [5.41, 5.74) is 2.59. The van der Waals surface area contributed by atoms with Crippen molar-refractivity contribution in [3.63, 3.8) is 0 Å². The van der Waals surface area contributed by atoms with Crippen LogP contribution in [0.4, 0.5) is 0 Å². The second-order valence-corrected chi connectivity index (χ2v) is 7.74. The van der Waals surface area contributed by atoms with Gasteiger partial charge in [0.25, 0.3) is 0 Å². The molecule has 1 saturated heterocycles. The van der Waals surface area contributed by atoms with Gasteiger partial charge in [0.15, 0.2) is 0 Å². The minimum absolute atomic E-state index is 0.0292. The number of aliphatic hydroxyl groups excluding tert-OH is 1. The number of thiophene rings is 1. The third-order valence-corrected chi connectivity index (χ3v) is 5.77. The maximum absolute atomic E-state index is 10.0. The quantitative estimate of drug-likeness (QED) is 0.857. The Kier molecular flexibility index (Phi) is 5.59. The van der Waals surface area contributed by atoms with Gasteiger partial charge in [-0.2, -0.15) is 0 Å². The molecule has 3 rings (SSSR count). The Balaban J connectivity index is 1.72. The van der Waals surface area contributed by atoms with Gasteiger partial charge in [-0.15, -0.1) is 11.3 Å². The average Bonchev–Trinajstić information content (AvgIpc) is 2.90. The van der Waals surface area contributed by atoms with E-state index < -0.39 is 0 Å². The minimum atomic E-state index is -0.254. The normalized spacial score (nSPS) is 24.1. The monoisotopic (exact) mass is 346 g/mol. The van der Waals surface area contributed by atoms with Crippen molar-refractivity contribution in [1.29, 1.82) is 0 Å². The molecule has 1 aromatic heterocycles. The predicted octanol–water partition coefficient (Wildman–Crippen LogP) is 4.65. The molecule has 3 nitrogen and oxygen atoms in total. The molecule has 130 valence electrons. The maximum atomic E-state index is 10.0. The fourth-order valence-electron chi connectivity index (χ4n) is 3.24. The fourth-order valence-corrected chi connectivity index (χ4v) is 4.50. The lowest BCUT2D eigenvalue weighted by Gasteiger charge is -2.30. The van der Waals surface area contributed by atoms with Crippen LogP contribution in [-0.4, -0.2) is 23.9 Å². The zero-order valence-electron chi connectivity index (χ0n) is 14.6. The SMILES string of the molecule is CCOc1ccc(Cc2sc(C3CC(O)CC(C)O3)cc2C)cc1. The topological polar surface area (TPSA) is 38.7 Å². The molecule has 1 N–H and O–H groups in total. The number of aryl methyl sites for hydroxylation is 1. The lowest BCUT2D eigenvalue weighted by molar-refractivity contribution is -0.0881. The first kappa shape index (κ1) is 17.5. The first-order valence-corrected chi connectivity index (χ1v) is 9.51. The highest BCUT2D eigenvalue weighted by Crippen LogP contribution is 2.37. The summed E-state index contributed by atoms with van der Waals surface area (Å²) in [4.78, 5) is 2.60. The molecular weight excluding hydrogens is 320 g/mol. The molecule has 0 spiro atoms. The van der Waals surface area contributed by atoms with Gasteiger partial charge in [-0.1, -0.05) is 12.1 Å². The number of benzene rings is 1. The van der Waals surface area contributed by atoms with Crippen molar-refractivity contribution in [2.45, 2.75) is 58.3 Å². The Morgan fingerprint density at radius 3 is 2.67 bits per heavy atom. The van der Waals surface area contributed by atoms with Crippen molar-refractivity contribution >= 4 is 11.3 Å². The summed E-state index contributed by atoms with van der Waals surface area (Å²) in [6.07, 6.45) is 2.26. The first-order valence-electron chi connectivity index (χ1n) is 8.69. The Morgan fingerprint density at radius 2 is 2.00 bits per heavy atom. The first-order chi connectivity index (χ1) is 11.5. The number of hydrogen-bond donors (Lipinski definition) is 1. The molecule has 2 heterocycles. The van der Waals surface area contributed by atoms with Crippen molar-refractivity contribution in [1.82, 2.24) is 0 Å². The van der Waals surface area contributed by atoms with E-state index in [1.807, 2.05) is 37.3 Å². The largest absolute Gasteiger partial charge is 0.494 e. The van der Waals surface area contributed by atoms with E-state index in [2.05, 4.69) is 25.1 Å². The van der Waals surface area contributed by atoms with Gasteiger partial charge in [0, 0.05) is 22.6 Å². The molecule has 1 fully saturated rings. The smallest absolute Gasteiger partial charge is 0.119 e. The summed E-state index contributed by atoms with van der Waals surface area (Å²) >= 11 is 1.81. The molecule has 3 atom stereocenters. The lowest BCUT2D eigenvalue weighted by Crippen LogP contribution is -2.28. The molecule has 0 saturated carbocycles. The Hall–Kier alpha value is -1.36. The number of ether oxygens (including phenoxy) is 2. The molecule has 1 aromatic carbocycles. The second-order valence-electron chi connectivity index (χ2n) is 6.57. The van der Waals surface area contributed by atoms with Gasteiger partial charge in [0.05, 0.1) is 24.9 Å². The molecule has 2 aromatic rings. The fraction of sp³-hybridized carbons (Fsp3) is 0.500. The number of hydrogen-bond acceptors (Lipinski definition) is 4. The van der Waals surface area contributed by atoms with E-state index in [-0.39, 0.29) is 18.3 Å². The zero-order chi connectivity index (χ0) is 17.1. The van der Waals surface area contributed by atoms with E-state index in [4.69, 9.17) is 9.47 Å². The second kappa shape index (κ2) is 7.68. The van der Waals surface area contributed by atoms with Gasteiger partial charge in [-0.3, -0.25) is 0 Å². The molecule has 0 aliphatic carbocycles. The van der Waals surface area contributed by atoms with Gasteiger partial charge in [-0.05, 0) is 56.5 Å². The van der Waals surface area contributed by atoms with Crippen LogP contribution in [0.25, 0.3) is 0 Å². The average molecular weight is 346 g/mol. The van der Waals surface area contributed by atoms with Gasteiger partial charge in [-0.25, -0.2) is 0 Å². The molecule has 3 unspecified atom stereocenters. The highest BCUT2D eigenvalue weighted by Gasteiger charge is 2.28. The van der Waals surface area contributed by atoms with Crippen molar-refractivity contribution in [3.05, 3.63) is 51.2 Å². The van der Waals surface area contributed by atoms with Crippen LogP contribution in [0.15, 0.2) is 30.3 Å². The lowest BCUT2D eigenvalue weighted by atomic mass is 10.0. The number of aliphatic hydroxyl groups is 1. The highest BCUT2D eigenvalue weighted by molar-refractivity contribution is 7.12. The highest BCUT2D eigenvalue weighted by atomic mass is 32.1. The number of rotatable bonds is 5.